The van der Waals surface area contributed by atoms with Crippen LogP contribution in [0.2, 0.25) is 0 Å². The zero-order valence-electron chi connectivity index (χ0n) is 8.88. The highest BCUT2D eigenvalue weighted by Gasteiger charge is 2.17. The third kappa shape index (κ3) is 2.62. The van der Waals surface area contributed by atoms with Crippen LogP contribution in [-0.4, -0.2) is 15.5 Å². The van der Waals surface area contributed by atoms with E-state index in [-0.39, 0.29) is 10.6 Å². The predicted molar refractivity (Wildman–Crippen MR) is 69.3 cm³/mol. The number of ether oxygens (including phenoxy) is 1. The molecule has 0 saturated heterocycles. The van der Waals surface area contributed by atoms with Gasteiger partial charge < -0.3 is 4.74 Å². The summed E-state index contributed by atoms with van der Waals surface area (Å²) in [6.07, 6.45) is 0. The minimum absolute atomic E-state index is 0.00688. The van der Waals surface area contributed by atoms with Crippen molar-refractivity contribution in [1.82, 2.24) is 0 Å². The van der Waals surface area contributed by atoms with Crippen LogP contribution in [0.1, 0.15) is 0 Å². The molecule has 0 amide bonds. The van der Waals surface area contributed by atoms with Crippen LogP contribution < -0.4 is 4.74 Å². The van der Waals surface area contributed by atoms with Gasteiger partial charge in [-0.05, 0) is 35.2 Å². The van der Waals surface area contributed by atoms with Gasteiger partial charge in [0.15, 0.2) is 0 Å². The Balaban J connectivity index is 2.61. The third-order valence-corrected chi connectivity index (χ3v) is 4.49. The molecule has 0 aliphatic rings. The molecule has 0 N–H and O–H groups in total. The van der Waals surface area contributed by atoms with Gasteiger partial charge in [0.1, 0.15) is 10.6 Å². The summed E-state index contributed by atoms with van der Waals surface area (Å²) in [5, 5.41) is 1.93. The summed E-state index contributed by atoms with van der Waals surface area (Å²) < 4.78 is 27.8. The van der Waals surface area contributed by atoms with Crippen LogP contribution >= 0.6 is 22.0 Å². The van der Waals surface area contributed by atoms with Crippen molar-refractivity contribution < 1.29 is 13.2 Å². The van der Waals surface area contributed by atoms with Gasteiger partial charge >= 0.3 is 0 Å². The minimum atomic E-state index is -3.81. The summed E-state index contributed by atoms with van der Waals surface area (Å²) in [6, 6.07) is 8.74. The summed E-state index contributed by atoms with van der Waals surface area (Å²) in [5.74, 6) is 0.250. The highest BCUT2D eigenvalue weighted by Crippen LogP contribution is 2.33. The summed E-state index contributed by atoms with van der Waals surface area (Å²) >= 11 is 1.53. The fourth-order valence-electron chi connectivity index (χ4n) is 1.46. The van der Waals surface area contributed by atoms with Gasteiger partial charge in [0, 0.05) is 15.6 Å². The van der Waals surface area contributed by atoms with E-state index >= 15 is 0 Å². The fraction of sp³-hybridized carbons (Fsp3) is 0.0909. The van der Waals surface area contributed by atoms with E-state index in [0.29, 0.717) is 0 Å². The summed E-state index contributed by atoms with van der Waals surface area (Å²) in [7, 11) is 2.97. The van der Waals surface area contributed by atoms with Crippen LogP contribution in [0.3, 0.4) is 0 Å². The van der Waals surface area contributed by atoms with Gasteiger partial charge in [-0.15, -0.1) is 11.3 Å². The predicted octanol–water partition coefficient (Wildman–Crippen LogP) is 3.35. The van der Waals surface area contributed by atoms with E-state index in [9.17, 15) is 8.42 Å². The van der Waals surface area contributed by atoms with Crippen molar-refractivity contribution in [3.8, 4) is 16.2 Å². The number of benzene rings is 1. The number of hydrogen-bond acceptors (Lipinski definition) is 4. The van der Waals surface area contributed by atoms with Crippen LogP contribution in [-0.2, 0) is 9.05 Å². The molecular weight excluding hydrogens is 280 g/mol. The fourth-order valence-corrected chi connectivity index (χ4v) is 3.21. The Kier molecular flexibility index (Phi) is 3.42. The second-order valence-corrected chi connectivity index (χ2v) is 6.76. The van der Waals surface area contributed by atoms with Gasteiger partial charge in [0.2, 0.25) is 0 Å². The second kappa shape index (κ2) is 4.68. The molecule has 0 atom stereocenters. The zero-order valence-corrected chi connectivity index (χ0v) is 11.3. The molecule has 0 aliphatic carbocycles. The van der Waals surface area contributed by atoms with Crippen LogP contribution in [0.15, 0.2) is 40.6 Å². The summed E-state index contributed by atoms with van der Waals surface area (Å²) in [6.45, 7) is 0. The first-order chi connectivity index (χ1) is 8.02. The molecule has 0 bridgehead atoms. The Morgan fingerprint density at radius 1 is 1.29 bits per heavy atom. The van der Waals surface area contributed by atoms with E-state index < -0.39 is 9.05 Å². The maximum Gasteiger partial charge on any atom is 0.265 e. The first-order valence-electron chi connectivity index (χ1n) is 4.69. The van der Waals surface area contributed by atoms with Crippen molar-refractivity contribution in [3.05, 3.63) is 35.7 Å². The molecule has 0 spiro atoms. The van der Waals surface area contributed by atoms with Crippen LogP contribution in [0.5, 0.6) is 5.75 Å². The Morgan fingerprint density at radius 3 is 2.59 bits per heavy atom. The van der Waals surface area contributed by atoms with Crippen molar-refractivity contribution in [2.75, 3.05) is 7.11 Å². The van der Waals surface area contributed by atoms with Gasteiger partial charge in [-0.3, -0.25) is 0 Å². The molecule has 1 heterocycles. The number of hydrogen-bond donors (Lipinski definition) is 0. The average molecular weight is 289 g/mol. The van der Waals surface area contributed by atoms with Crippen LogP contribution in [0.25, 0.3) is 10.4 Å². The van der Waals surface area contributed by atoms with Gasteiger partial charge in [-0.25, -0.2) is 8.42 Å². The maximum absolute atomic E-state index is 11.4. The SMILES string of the molecule is COc1ccc(-c2cccs2)cc1S(=O)(=O)Cl. The largest absolute Gasteiger partial charge is 0.495 e. The molecular formula is C11H9ClO3S2. The molecule has 1 aromatic heterocycles. The topological polar surface area (TPSA) is 43.4 Å². The van der Waals surface area contributed by atoms with Crippen molar-refractivity contribution in [2.24, 2.45) is 0 Å². The molecule has 2 aromatic rings. The molecule has 0 saturated carbocycles. The zero-order chi connectivity index (χ0) is 12.5. The lowest BCUT2D eigenvalue weighted by Crippen LogP contribution is -1.96. The van der Waals surface area contributed by atoms with Gasteiger partial charge in [-0.2, -0.15) is 0 Å². The smallest absolute Gasteiger partial charge is 0.265 e. The lowest BCUT2D eigenvalue weighted by Gasteiger charge is -2.07. The highest BCUT2D eigenvalue weighted by molar-refractivity contribution is 8.13. The van der Waals surface area contributed by atoms with Crippen molar-refractivity contribution in [1.29, 1.82) is 0 Å². The average Bonchev–Trinajstić information content (AvgIpc) is 2.80. The van der Waals surface area contributed by atoms with Crippen LogP contribution in [0.4, 0.5) is 0 Å². The quantitative estimate of drug-likeness (QED) is 0.814. The van der Waals surface area contributed by atoms with Crippen molar-refractivity contribution in [3.63, 3.8) is 0 Å². The monoisotopic (exact) mass is 288 g/mol. The highest BCUT2D eigenvalue weighted by atomic mass is 35.7. The summed E-state index contributed by atoms with van der Waals surface area (Å²) in [5.41, 5.74) is 0.806. The van der Waals surface area contributed by atoms with Gasteiger partial charge in [-0.1, -0.05) is 6.07 Å². The van der Waals surface area contributed by atoms with E-state index in [4.69, 9.17) is 15.4 Å². The van der Waals surface area contributed by atoms with Crippen molar-refractivity contribution in [2.45, 2.75) is 4.90 Å². The number of thiophene rings is 1. The van der Waals surface area contributed by atoms with Crippen LogP contribution in [0, 0.1) is 0 Å². The first-order valence-corrected chi connectivity index (χ1v) is 7.88. The molecule has 2 rings (SSSR count). The van der Waals surface area contributed by atoms with Crippen molar-refractivity contribution >= 4 is 31.1 Å². The Labute approximate surface area is 108 Å². The van der Waals surface area contributed by atoms with Gasteiger partial charge in [0.25, 0.3) is 9.05 Å². The molecule has 90 valence electrons. The van der Waals surface area contributed by atoms with E-state index in [0.717, 1.165) is 10.4 Å². The number of halogens is 1. The molecule has 3 nitrogen and oxygen atoms in total. The molecule has 0 fully saturated rings. The van der Waals surface area contributed by atoms with Gasteiger partial charge in [0.05, 0.1) is 7.11 Å². The Hall–Kier alpha value is -1.04. The Morgan fingerprint density at radius 2 is 2.06 bits per heavy atom. The lowest BCUT2D eigenvalue weighted by molar-refractivity contribution is 0.403. The third-order valence-electron chi connectivity index (χ3n) is 2.23. The van der Waals surface area contributed by atoms with E-state index in [1.165, 1.54) is 24.5 Å². The molecule has 17 heavy (non-hydrogen) atoms. The first kappa shape index (κ1) is 12.4. The normalized spacial score (nSPS) is 11.4. The molecule has 0 aliphatic heterocycles. The second-order valence-electron chi connectivity index (χ2n) is 3.28. The number of rotatable bonds is 3. The minimum Gasteiger partial charge on any atom is -0.495 e. The van der Waals surface area contributed by atoms with E-state index in [1.54, 1.807) is 12.1 Å². The molecule has 0 radical (unpaired) electrons. The standard InChI is InChI=1S/C11H9ClO3S2/c1-15-9-5-4-8(10-3-2-6-16-10)7-11(9)17(12,13)14/h2-7H,1H3. The van der Waals surface area contributed by atoms with E-state index in [2.05, 4.69) is 0 Å². The molecule has 1 aromatic carbocycles. The molecule has 6 heteroatoms. The lowest BCUT2D eigenvalue weighted by atomic mass is 10.2. The Bertz CT molecular complexity index is 618. The molecule has 0 unspecified atom stereocenters. The summed E-state index contributed by atoms with van der Waals surface area (Å²) in [4.78, 5) is 0.974. The van der Waals surface area contributed by atoms with E-state index in [1.807, 2.05) is 17.5 Å². The number of methoxy groups -OCH3 is 1. The maximum atomic E-state index is 11.4.